The van der Waals surface area contributed by atoms with E-state index < -0.39 is 5.41 Å². The fourth-order valence-electron chi connectivity index (χ4n) is 5.68. The molecular formula is C29H24N4. The van der Waals surface area contributed by atoms with E-state index >= 15 is 0 Å². The summed E-state index contributed by atoms with van der Waals surface area (Å²) < 4.78 is 0. The minimum Gasteiger partial charge on any atom is -0.399 e. The normalized spacial score (nSPS) is 13.6. The number of hydrogen-bond donors (Lipinski definition) is 4. The molecule has 160 valence electrons. The van der Waals surface area contributed by atoms with Gasteiger partial charge in [0.2, 0.25) is 0 Å². The Morgan fingerprint density at radius 2 is 0.909 bits per heavy atom. The molecule has 0 aromatic heterocycles. The van der Waals surface area contributed by atoms with Gasteiger partial charge < -0.3 is 22.1 Å². The first-order chi connectivity index (χ1) is 16.1. The van der Waals surface area contributed by atoms with Gasteiger partial charge in [0, 0.05) is 22.7 Å². The molecular weight excluding hydrogens is 404 g/mol. The molecule has 2 aliphatic carbocycles. The van der Waals surface area contributed by atoms with Crippen molar-refractivity contribution in [2.24, 2.45) is 0 Å². The first-order valence-electron chi connectivity index (χ1n) is 10.9. The van der Waals surface area contributed by atoms with Crippen LogP contribution < -0.4 is 22.1 Å². The van der Waals surface area contributed by atoms with Gasteiger partial charge in [-0.2, -0.15) is 0 Å². The highest BCUT2D eigenvalue weighted by Gasteiger charge is 2.52. The minimum absolute atomic E-state index is 0.530. The molecule has 0 amide bonds. The monoisotopic (exact) mass is 428 g/mol. The Morgan fingerprint density at radius 1 is 0.545 bits per heavy atom. The number of rotatable bonds is 4. The Balaban J connectivity index is 1.80. The SMILES string of the molecule is C=CNc1ccc2c(c1)C1(c3cc(N)ccc3-2)c2cc(N)ccc2-c2ccc(NC=C)cc21. The second-order valence-corrected chi connectivity index (χ2v) is 8.58. The fourth-order valence-corrected chi connectivity index (χ4v) is 5.68. The van der Waals surface area contributed by atoms with Crippen molar-refractivity contribution in [1.29, 1.82) is 0 Å². The van der Waals surface area contributed by atoms with E-state index in [1.54, 1.807) is 12.4 Å². The quantitative estimate of drug-likeness (QED) is 0.248. The van der Waals surface area contributed by atoms with E-state index in [9.17, 15) is 0 Å². The molecule has 4 heteroatoms. The maximum Gasteiger partial charge on any atom is 0.0728 e. The van der Waals surface area contributed by atoms with E-state index in [1.807, 2.05) is 12.1 Å². The molecule has 4 aromatic carbocycles. The van der Waals surface area contributed by atoms with E-state index in [1.165, 1.54) is 44.5 Å². The van der Waals surface area contributed by atoms with Crippen molar-refractivity contribution >= 4 is 22.7 Å². The fraction of sp³-hybridized carbons (Fsp3) is 0.0345. The summed E-state index contributed by atoms with van der Waals surface area (Å²) in [5.74, 6) is 0. The number of anilines is 4. The van der Waals surface area contributed by atoms with Gasteiger partial charge in [0.1, 0.15) is 0 Å². The second-order valence-electron chi connectivity index (χ2n) is 8.58. The Bertz CT molecular complexity index is 1370. The number of nitrogen functional groups attached to an aromatic ring is 2. The standard InChI is InChI=1S/C29H24N4/c1-3-32-19-7-11-23-21-9-5-17(30)13-25(21)29(27(23)15-19)26-14-18(31)6-10-22(26)24-12-8-20(33-4-2)16-28(24)29/h3-16,32-33H,1-2,30-31H2. The summed E-state index contributed by atoms with van der Waals surface area (Å²) in [6, 6.07) is 25.4. The van der Waals surface area contributed by atoms with Crippen LogP contribution in [0.2, 0.25) is 0 Å². The lowest BCUT2D eigenvalue weighted by molar-refractivity contribution is 0.795. The molecule has 0 saturated heterocycles. The van der Waals surface area contributed by atoms with Crippen LogP contribution in [-0.4, -0.2) is 0 Å². The third-order valence-corrected chi connectivity index (χ3v) is 6.86. The van der Waals surface area contributed by atoms with Crippen LogP contribution in [0.15, 0.2) is 98.4 Å². The number of fused-ring (bicyclic) bond motifs is 10. The van der Waals surface area contributed by atoms with Crippen molar-refractivity contribution < 1.29 is 0 Å². The van der Waals surface area contributed by atoms with Crippen LogP contribution in [0.1, 0.15) is 22.3 Å². The zero-order chi connectivity index (χ0) is 22.7. The van der Waals surface area contributed by atoms with Crippen molar-refractivity contribution in [2.75, 3.05) is 22.1 Å². The lowest BCUT2D eigenvalue weighted by Gasteiger charge is -2.31. The Morgan fingerprint density at radius 3 is 1.30 bits per heavy atom. The van der Waals surface area contributed by atoms with Gasteiger partial charge in [-0.25, -0.2) is 0 Å². The van der Waals surface area contributed by atoms with Crippen LogP contribution in [0.4, 0.5) is 22.7 Å². The largest absolute Gasteiger partial charge is 0.399 e. The summed E-state index contributed by atoms with van der Waals surface area (Å²) in [4.78, 5) is 0. The highest BCUT2D eigenvalue weighted by Crippen LogP contribution is 2.63. The molecule has 0 unspecified atom stereocenters. The topological polar surface area (TPSA) is 76.1 Å². The van der Waals surface area contributed by atoms with E-state index in [-0.39, 0.29) is 0 Å². The second kappa shape index (κ2) is 6.78. The van der Waals surface area contributed by atoms with Crippen molar-refractivity contribution in [3.8, 4) is 22.3 Å². The van der Waals surface area contributed by atoms with Crippen LogP contribution in [0.5, 0.6) is 0 Å². The molecule has 0 heterocycles. The number of nitrogens with one attached hydrogen (secondary N) is 2. The first kappa shape index (κ1) is 19.3. The highest BCUT2D eigenvalue weighted by molar-refractivity contribution is 5.97. The molecule has 6 N–H and O–H groups in total. The van der Waals surface area contributed by atoms with Gasteiger partial charge in [0.15, 0.2) is 0 Å². The summed E-state index contributed by atoms with van der Waals surface area (Å²) in [7, 11) is 0. The first-order valence-corrected chi connectivity index (χ1v) is 10.9. The van der Waals surface area contributed by atoms with E-state index in [4.69, 9.17) is 11.5 Å². The lowest BCUT2D eigenvalue weighted by atomic mass is 9.70. The molecule has 6 rings (SSSR count). The molecule has 0 bridgehead atoms. The number of nitrogens with two attached hydrogens (primary N) is 2. The molecule has 0 atom stereocenters. The summed E-state index contributed by atoms with van der Waals surface area (Å²) in [5.41, 5.74) is 25.2. The summed E-state index contributed by atoms with van der Waals surface area (Å²) >= 11 is 0. The molecule has 4 aromatic rings. The van der Waals surface area contributed by atoms with Gasteiger partial charge in [-0.3, -0.25) is 0 Å². The van der Waals surface area contributed by atoms with Crippen LogP contribution in [0.3, 0.4) is 0 Å². The van der Waals surface area contributed by atoms with E-state index in [0.29, 0.717) is 0 Å². The van der Waals surface area contributed by atoms with E-state index in [0.717, 1.165) is 22.7 Å². The third-order valence-electron chi connectivity index (χ3n) is 6.86. The van der Waals surface area contributed by atoms with Crippen molar-refractivity contribution in [3.05, 3.63) is 121 Å². The molecule has 33 heavy (non-hydrogen) atoms. The number of hydrogen-bond acceptors (Lipinski definition) is 4. The highest BCUT2D eigenvalue weighted by atomic mass is 14.8. The number of benzene rings is 4. The molecule has 0 aliphatic heterocycles. The smallest absolute Gasteiger partial charge is 0.0728 e. The molecule has 0 saturated carbocycles. The maximum absolute atomic E-state index is 6.37. The van der Waals surface area contributed by atoms with Crippen LogP contribution in [-0.2, 0) is 5.41 Å². The average molecular weight is 429 g/mol. The Labute approximate surface area is 193 Å². The van der Waals surface area contributed by atoms with E-state index in [2.05, 4.69) is 84.5 Å². The van der Waals surface area contributed by atoms with Gasteiger partial charge in [-0.15, -0.1) is 0 Å². The zero-order valence-electron chi connectivity index (χ0n) is 18.2. The van der Waals surface area contributed by atoms with Gasteiger partial charge in [-0.1, -0.05) is 37.4 Å². The van der Waals surface area contributed by atoms with Gasteiger partial charge in [0.25, 0.3) is 0 Å². The van der Waals surface area contributed by atoms with Crippen LogP contribution in [0.25, 0.3) is 22.3 Å². The van der Waals surface area contributed by atoms with Gasteiger partial charge in [-0.05, 0) is 105 Å². The summed E-state index contributed by atoms with van der Waals surface area (Å²) in [6.07, 6.45) is 3.41. The third kappa shape index (κ3) is 2.46. The summed E-state index contributed by atoms with van der Waals surface area (Å²) in [6.45, 7) is 7.69. The van der Waals surface area contributed by atoms with Crippen LogP contribution >= 0.6 is 0 Å². The van der Waals surface area contributed by atoms with Crippen molar-refractivity contribution in [1.82, 2.24) is 0 Å². The molecule has 2 aliphatic rings. The average Bonchev–Trinajstić information content (AvgIpc) is 3.25. The molecule has 0 radical (unpaired) electrons. The maximum atomic E-state index is 6.37. The van der Waals surface area contributed by atoms with Crippen LogP contribution in [0, 0.1) is 0 Å². The Kier molecular flexibility index (Phi) is 3.96. The molecule has 0 fully saturated rings. The molecule has 4 nitrogen and oxygen atoms in total. The molecule has 1 spiro atoms. The van der Waals surface area contributed by atoms with Gasteiger partial charge in [0.05, 0.1) is 5.41 Å². The van der Waals surface area contributed by atoms with Crippen molar-refractivity contribution in [2.45, 2.75) is 5.41 Å². The minimum atomic E-state index is -0.530. The van der Waals surface area contributed by atoms with Crippen molar-refractivity contribution in [3.63, 3.8) is 0 Å². The summed E-state index contributed by atoms with van der Waals surface area (Å²) in [5, 5.41) is 6.52. The van der Waals surface area contributed by atoms with Gasteiger partial charge >= 0.3 is 0 Å². The predicted octanol–water partition coefficient (Wildman–Crippen LogP) is 6.31. The lowest BCUT2D eigenvalue weighted by Crippen LogP contribution is -2.26. The zero-order valence-corrected chi connectivity index (χ0v) is 18.2. The predicted molar refractivity (Wildman–Crippen MR) is 139 cm³/mol. The Hall–Kier alpha value is -4.44.